The molecule has 6 heteroatoms. The van der Waals surface area contributed by atoms with Gasteiger partial charge in [-0.05, 0) is 65.8 Å². The van der Waals surface area contributed by atoms with Crippen LogP contribution in [0.5, 0.6) is 11.5 Å². The molecule has 0 radical (unpaired) electrons. The Morgan fingerprint density at radius 1 is 1.19 bits per heavy atom. The Balaban J connectivity index is 1.41. The maximum atomic E-state index is 11.0. The zero-order chi connectivity index (χ0) is 22.7. The molecule has 0 aromatic heterocycles. The fourth-order valence-electron chi connectivity index (χ4n) is 4.45. The Kier molecular flexibility index (Phi) is 7.07. The van der Waals surface area contributed by atoms with E-state index in [0.29, 0.717) is 19.7 Å². The fraction of sp³-hybridized carbons (Fsp3) is 0.423. The van der Waals surface area contributed by atoms with Crippen LogP contribution < -0.4 is 9.47 Å². The molecule has 0 amide bonds. The van der Waals surface area contributed by atoms with Crippen molar-refractivity contribution < 1.29 is 19.4 Å². The van der Waals surface area contributed by atoms with Crippen molar-refractivity contribution in [1.29, 1.82) is 0 Å². The number of likely N-dealkylation sites (tertiary alicyclic amines) is 1. The van der Waals surface area contributed by atoms with Crippen LogP contribution in [0.2, 0.25) is 0 Å². The summed E-state index contributed by atoms with van der Waals surface area (Å²) >= 11 is 6.72. The van der Waals surface area contributed by atoms with Gasteiger partial charge in [0.15, 0.2) is 0 Å². The van der Waals surface area contributed by atoms with Crippen molar-refractivity contribution in [3.8, 4) is 11.5 Å². The third kappa shape index (κ3) is 4.94. The molecule has 1 aliphatic heterocycles. The molecular weight excluding hydrogens is 426 g/mol. The van der Waals surface area contributed by atoms with Gasteiger partial charge in [-0.3, -0.25) is 9.69 Å². The van der Waals surface area contributed by atoms with Gasteiger partial charge in [0, 0.05) is 30.2 Å². The van der Waals surface area contributed by atoms with Crippen LogP contribution in [0, 0.1) is 5.92 Å². The number of hydrogen-bond donors (Lipinski definition) is 1. The molecule has 0 atom stereocenters. The molecule has 1 saturated heterocycles. The Bertz CT molecular complexity index is 1030. The number of halogens is 1. The number of carboxylic acid groups (broad SMARTS) is 1. The number of methoxy groups -OCH3 is 1. The van der Waals surface area contributed by atoms with Crippen molar-refractivity contribution >= 4 is 22.6 Å². The van der Waals surface area contributed by atoms with Crippen molar-refractivity contribution in [3.05, 3.63) is 64.2 Å². The zero-order valence-corrected chi connectivity index (χ0v) is 19.5. The summed E-state index contributed by atoms with van der Waals surface area (Å²) in [6.07, 6.45) is 3.93. The van der Waals surface area contributed by atoms with E-state index in [9.17, 15) is 4.79 Å². The second-order valence-corrected chi connectivity index (χ2v) is 9.03. The molecule has 1 N–H and O–H groups in total. The maximum Gasteiger partial charge on any atom is 0.309 e. The summed E-state index contributed by atoms with van der Waals surface area (Å²) in [4.78, 5) is 13.2. The molecule has 1 fully saturated rings. The topological polar surface area (TPSA) is 59.0 Å². The number of benzene rings is 2. The van der Waals surface area contributed by atoms with Crippen LogP contribution in [0.3, 0.4) is 0 Å². The van der Waals surface area contributed by atoms with Gasteiger partial charge in [0.2, 0.25) is 0 Å². The van der Waals surface area contributed by atoms with Gasteiger partial charge < -0.3 is 14.6 Å². The van der Waals surface area contributed by atoms with Gasteiger partial charge in [0.1, 0.15) is 18.1 Å². The molecule has 1 heterocycles. The summed E-state index contributed by atoms with van der Waals surface area (Å²) in [5.41, 5.74) is 5.73. The van der Waals surface area contributed by atoms with E-state index in [4.69, 9.17) is 26.2 Å². The average molecular weight is 456 g/mol. The predicted molar refractivity (Wildman–Crippen MR) is 126 cm³/mol. The maximum absolute atomic E-state index is 11.0. The van der Waals surface area contributed by atoms with Gasteiger partial charge in [-0.2, -0.15) is 0 Å². The van der Waals surface area contributed by atoms with Crippen molar-refractivity contribution in [2.75, 3.05) is 26.7 Å². The Labute approximate surface area is 194 Å². The van der Waals surface area contributed by atoms with Gasteiger partial charge in [0.05, 0.1) is 13.0 Å². The molecule has 0 spiro atoms. The van der Waals surface area contributed by atoms with Gasteiger partial charge in [-0.15, -0.1) is 0 Å². The van der Waals surface area contributed by atoms with Gasteiger partial charge in [-0.25, -0.2) is 0 Å². The summed E-state index contributed by atoms with van der Waals surface area (Å²) in [7, 11) is 1.70. The fourth-order valence-corrected chi connectivity index (χ4v) is 4.79. The smallest absolute Gasteiger partial charge is 0.309 e. The van der Waals surface area contributed by atoms with Crippen molar-refractivity contribution in [2.24, 2.45) is 5.92 Å². The number of ether oxygens (including phenoxy) is 2. The number of fused-ring (bicyclic) bond motifs is 1. The van der Waals surface area contributed by atoms with Crippen LogP contribution in [-0.2, 0) is 24.2 Å². The van der Waals surface area contributed by atoms with Crippen LogP contribution in [-0.4, -0.2) is 42.7 Å². The summed E-state index contributed by atoms with van der Waals surface area (Å²) in [5.74, 6) is 0.729. The highest BCUT2D eigenvalue weighted by atomic mass is 35.5. The number of aliphatic carboxylic acids is 1. The van der Waals surface area contributed by atoms with E-state index in [2.05, 4.69) is 36.1 Å². The molecule has 170 valence electrons. The second-order valence-electron chi connectivity index (χ2n) is 8.65. The molecule has 2 aromatic carbocycles. The predicted octanol–water partition coefficient (Wildman–Crippen LogP) is 5.14. The summed E-state index contributed by atoms with van der Waals surface area (Å²) < 4.78 is 11.6. The highest BCUT2D eigenvalue weighted by Gasteiger charge is 2.33. The van der Waals surface area contributed by atoms with Crippen molar-refractivity contribution in [1.82, 2.24) is 4.90 Å². The number of hydrogen-bond acceptors (Lipinski definition) is 4. The van der Waals surface area contributed by atoms with Crippen molar-refractivity contribution in [2.45, 2.75) is 39.2 Å². The Morgan fingerprint density at radius 2 is 2.00 bits per heavy atom. The van der Waals surface area contributed by atoms with E-state index in [1.807, 2.05) is 12.1 Å². The number of nitrogens with zero attached hydrogens (tertiary/aromatic N) is 1. The molecule has 5 nitrogen and oxygen atoms in total. The highest BCUT2D eigenvalue weighted by molar-refractivity contribution is 6.49. The first-order valence-electron chi connectivity index (χ1n) is 11.2. The minimum Gasteiger partial charge on any atom is -0.496 e. The monoisotopic (exact) mass is 455 g/mol. The van der Waals surface area contributed by atoms with Crippen LogP contribution >= 0.6 is 11.6 Å². The lowest BCUT2D eigenvalue weighted by molar-refractivity contribution is -0.147. The molecule has 4 rings (SSSR count). The van der Waals surface area contributed by atoms with Crippen LogP contribution in [0.15, 0.2) is 42.0 Å². The molecular formula is C26H30ClNO4. The first kappa shape index (κ1) is 22.7. The SMILES string of the molecule is CCCc1ccc(COc2ccc3c(c2)CCC(CN2CC(C(=O)O)C2)=C3Cl)c(OC)c1. The lowest BCUT2D eigenvalue weighted by Crippen LogP contribution is -2.50. The van der Waals surface area contributed by atoms with Crippen LogP contribution in [0.25, 0.3) is 5.03 Å². The van der Waals surface area contributed by atoms with Gasteiger partial charge in [-0.1, -0.05) is 37.1 Å². The minimum atomic E-state index is -0.711. The number of aryl methyl sites for hydroxylation is 2. The van der Waals surface area contributed by atoms with Crippen LogP contribution in [0.1, 0.15) is 42.0 Å². The number of carboxylic acids is 1. The lowest BCUT2D eigenvalue weighted by atomic mass is 9.90. The van der Waals surface area contributed by atoms with Gasteiger partial charge in [0.25, 0.3) is 0 Å². The Hall–Kier alpha value is -2.50. The van der Waals surface area contributed by atoms with Crippen LogP contribution in [0.4, 0.5) is 0 Å². The molecule has 32 heavy (non-hydrogen) atoms. The Morgan fingerprint density at radius 3 is 2.72 bits per heavy atom. The second kappa shape index (κ2) is 9.97. The van der Waals surface area contributed by atoms with E-state index < -0.39 is 5.97 Å². The van der Waals surface area contributed by atoms with E-state index in [-0.39, 0.29) is 5.92 Å². The zero-order valence-electron chi connectivity index (χ0n) is 18.7. The largest absolute Gasteiger partial charge is 0.496 e. The summed E-state index contributed by atoms with van der Waals surface area (Å²) in [6, 6.07) is 12.4. The minimum absolute atomic E-state index is 0.244. The van der Waals surface area contributed by atoms with Crippen molar-refractivity contribution in [3.63, 3.8) is 0 Å². The number of rotatable bonds is 9. The molecule has 2 aromatic rings. The lowest BCUT2D eigenvalue weighted by Gasteiger charge is -2.38. The molecule has 2 aliphatic rings. The molecule has 0 bridgehead atoms. The first-order chi connectivity index (χ1) is 15.5. The highest BCUT2D eigenvalue weighted by Crippen LogP contribution is 2.37. The van der Waals surface area contributed by atoms with E-state index in [1.54, 1.807) is 7.11 Å². The summed E-state index contributed by atoms with van der Waals surface area (Å²) in [6.45, 7) is 4.57. The molecule has 1 aliphatic carbocycles. The average Bonchev–Trinajstić information content (AvgIpc) is 2.76. The normalized spacial score (nSPS) is 16.5. The molecule has 0 saturated carbocycles. The standard InChI is InChI=1S/C26H30ClNO4/c1-3-4-17-5-6-20(24(11-17)31-2)16-32-22-9-10-23-18(12-22)7-8-19(25(23)27)13-28-14-21(15-28)26(29)30/h5-6,9-12,21H,3-4,7-8,13-16H2,1-2H3,(H,29,30). The van der Waals surface area contributed by atoms with E-state index in [0.717, 1.165) is 59.9 Å². The van der Waals surface area contributed by atoms with Gasteiger partial charge >= 0.3 is 5.97 Å². The van der Waals surface area contributed by atoms with E-state index >= 15 is 0 Å². The first-order valence-corrected chi connectivity index (χ1v) is 11.6. The quantitative estimate of drug-likeness (QED) is 0.567. The summed E-state index contributed by atoms with van der Waals surface area (Å²) in [5, 5.41) is 9.86. The third-order valence-corrected chi connectivity index (χ3v) is 6.80. The van der Waals surface area contributed by atoms with E-state index in [1.165, 1.54) is 16.7 Å². The third-order valence-electron chi connectivity index (χ3n) is 6.33. The number of carbonyl (C=O) groups is 1. The molecule has 0 unspecified atom stereocenters.